The molecule has 2 aromatic rings. The summed E-state index contributed by atoms with van der Waals surface area (Å²) in [6, 6.07) is 5.16. The molecule has 0 aliphatic heterocycles. The largest absolute Gasteiger partial charge is 0.484 e. The number of hydrogen-bond donors (Lipinski definition) is 2. The highest BCUT2D eigenvalue weighted by Crippen LogP contribution is 2.24. The molecule has 1 aromatic heterocycles. The molecule has 2 rings (SSSR count). The molecule has 0 fully saturated rings. The molecule has 0 aliphatic carbocycles. The Morgan fingerprint density at radius 2 is 2.00 bits per heavy atom. The van der Waals surface area contributed by atoms with Crippen molar-refractivity contribution in [3.05, 3.63) is 45.4 Å². The molecule has 0 amide bonds. The minimum absolute atomic E-state index is 0. The van der Waals surface area contributed by atoms with Gasteiger partial charge in [-0.2, -0.15) is 13.2 Å². The number of aliphatic imine (C=N–C) groups is 1. The molecule has 5 nitrogen and oxygen atoms in total. The van der Waals surface area contributed by atoms with Crippen molar-refractivity contribution >= 4 is 41.3 Å². The van der Waals surface area contributed by atoms with Crippen LogP contribution in [0.1, 0.15) is 35.7 Å². The fraction of sp³-hybridized carbons (Fsp3) is 0.474. The van der Waals surface area contributed by atoms with E-state index in [2.05, 4.69) is 27.5 Å². The second-order valence-corrected chi connectivity index (χ2v) is 7.09. The third-order valence-corrected chi connectivity index (χ3v) is 4.75. The predicted octanol–water partition coefficient (Wildman–Crippen LogP) is 4.83. The SMILES string of the molecule is CCNC(=NCc1ccc(C)cc1OCC(F)(F)F)NCc1csc(CC)n1.I. The van der Waals surface area contributed by atoms with Crippen LogP contribution in [0.15, 0.2) is 28.6 Å². The summed E-state index contributed by atoms with van der Waals surface area (Å²) in [6.45, 7) is 5.86. The van der Waals surface area contributed by atoms with Crippen LogP contribution in [-0.4, -0.2) is 30.3 Å². The summed E-state index contributed by atoms with van der Waals surface area (Å²) in [4.78, 5) is 8.97. The van der Waals surface area contributed by atoms with Gasteiger partial charge in [0, 0.05) is 17.5 Å². The van der Waals surface area contributed by atoms with Crippen LogP contribution < -0.4 is 15.4 Å². The highest BCUT2D eigenvalue weighted by molar-refractivity contribution is 14.0. The number of hydrogen-bond acceptors (Lipinski definition) is 4. The minimum atomic E-state index is -4.38. The number of rotatable bonds is 8. The normalized spacial score (nSPS) is 11.7. The first kappa shape index (κ1) is 25.5. The smallest absolute Gasteiger partial charge is 0.422 e. The van der Waals surface area contributed by atoms with Crippen molar-refractivity contribution in [2.24, 2.45) is 4.99 Å². The zero-order valence-corrected chi connectivity index (χ0v) is 19.7. The number of alkyl halides is 3. The van der Waals surface area contributed by atoms with E-state index in [1.54, 1.807) is 30.4 Å². The van der Waals surface area contributed by atoms with Crippen LogP contribution >= 0.6 is 35.3 Å². The molecule has 1 heterocycles. The van der Waals surface area contributed by atoms with Crippen LogP contribution in [0.3, 0.4) is 0 Å². The fourth-order valence-corrected chi connectivity index (χ4v) is 3.10. The Morgan fingerprint density at radius 3 is 2.62 bits per heavy atom. The number of halogens is 4. The lowest BCUT2D eigenvalue weighted by atomic mass is 10.1. The van der Waals surface area contributed by atoms with Gasteiger partial charge in [0.1, 0.15) is 5.75 Å². The molecule has 0 aliphatic rings. The first-order chi connectivity index (χ1) is 13.3. The Bertz CT molecular complexity index is 796. The van der Waals surface area contributed by atoms with Gasteiger partial charge >= 0.3 is 6.18 Å². The average Bonchev–Trinajstić information content (AvgIpc) is 3.11. The van der Waals surface area contributed by atoms with E-state index in [0.717, 1.165) is 22.7 Å². The molecule has 0 saturated carbocycles. The van der Waals surface area contributed by atoms with Gasteiger partial charge in [-0.3, -0.25) is 0 Å². The van der Waals surface area contributed by atoms with Crippen LogP contribution in [0.25, 0.3) is 0 Å². The highest BCUT2D eigenvalue weighted by atomic mass is 127. The van der Waals surface area contributed by atoms with Crippen LogP contribution in [-0.2, 0) is 19.5 Å². The maximum absolute atomic E-state index is 12.5. The Kier molecular flexibility index (Phi) is 10.7. The second kappa shape index (κ2) is 12.2. The Morgan fingerprint density at radius 1 is 1.24 bits per heavy atom. The predicted molar refractivity (Wildman–Crippen MR) is 121 cm³/mol. The van der Waals surface area contributed by atoms with E-state index in [1.807, 2.05) is 18.4 Å². The van der Waals surface area contributed by atoms with Gasteiger partial charge in [0.2, 0.25) is 0 Å². The number of nitrogens with one attached hydrogen (secondary N) is 2. The maximum Gasteiger partial charge on any atom is 0.422 e. The van der Waals surface area contributed by atoms with Crippen molar-refractivity contribution in [3.8, 4) is 5.75 Å². The van der Waals surface area contributed by atoms with Crippen molar-refractivity contribution < 1.29 is 17.9 Å². The van der Waals surface area contributed by atoms with Crippen molar-refractivity contribution in [1.29, 1.82) is 0 Å². The van der Waals surface area contributed by atoms with E-state index in [4.69, 9.17) is 4.74 Å². The standard InChI is InChI=1S/C19H25F3N4OS.HI/c1-4-17-26-15(11-28-17)10-25-18(23-5-2)24-9-14-7-6-13(3)8-16(14)27-12-19(20,21)22;/h6-8,11H,4-5,9-10,12H2,1-3H3,(H2,23,24,25);1H. The van der Waals surface area contributed by atoms with Crippen molar-refractivity contribution in [2.75, 3.05) is 13.2 Å². The van der Waals surface area contributed by atoms with E-state index < -0.39 is 12.8 Å². The topological polar surface area (TPSA) is 58.5 Å². The number of nitrogens with zero attached hydrogens (tertiary/aromatic N) is 2. The summed E-state index contributed by atoms with van der Waals surface area (Å²) in [5.74, 6) is 0.764. The van der Waals surface area contributed by atoms with Crippen LogP contribution in [0.4, 0.5) is 13.2 Å². The summed E-state index contributed by atoms with van der Waals surface area (Å²) in [7, 11) is 0. The molecular weight excluding hydrogens is 516 g/mol. The molecule has 0 bridgehead atoms. The molecule has 0 spiro atoms. The van der Waals surface area contributed by atoms with Crippen molar-refractivity contribution in [3.63, 3.8) is 0 Å². The summed E-state index contributed by atoms with van der Waals surface area (Å²) in [6.07, 6.45) is -3.49. The van der Waals surface area contributed by atoms with E-state index >= 15 is 0 Å². The number of aromatic nitrogens is 1. The van der Waals surface area contributed by atoms with Crippen LogP contribution in [0, 0.1) is 6.92 Å². The molecule has 0 unspecified atom stereocenters. The summed E-state index contributed by atoms with van der Waals surface area (Å²) in [5, 5.41) is 9.39. The van der Waals surface area contributed by atoms with Gasteiger partial charge in [0.05, 0.1) is 23.8 Å². The van der Waals surface area contributed by atoms with E-state index in [0.29, 0.717) is 24.6 Å². The Balaban J connectivity index is 0.00000420. The Labute approximate surface area is 190 Å². The lowest BCUT2D eigenvalue weighted by Gasteiger charge is -2.14. The minimum Gasteiger partial charge on any atom is -0.484 e. The quantitative estimate of drug-likeness (QED) is 0.285. The molecule has 2 N–H and O–H groups in total. The third-order valence-electron chi connectivity index (χ3n) is 3.70. The average molecular weight is 542 g/mol. The monoisotopic (exact) mass is 542 g/mol. The summed E-state index contributed by atoms with van der Waals surface area (Å²) >= 11 is 1.62. The van der Waals surface area contributed by atoms with E-state index in [-0.39, 0.29) is 36.3 Å². The Hall–Kier alpha value is -1.56. The van der Waals surface area contributed by atoms with Crippen LogP contribution in [0.2, 0.25) is 0 Å². The second-order valence-electron chi connectivity index (χ2n) is 6.15. The zero-order valence-electron chi connectivity index (χ0n) is 16.6. The zero-order chi connectivity index (χ0) is 20.6. The molecule has 29 heavy (non-hydrogen) atoms. The molecule has 0 atom stereocenters. The highest BCUT2D eigenvalue weighted by Gasteiger charge is 2.28. The van der Waals surface area contributed by atoms with E-state index in [9.17, 15) is 13.2 Å². The van der Waals surface area contributed by atoms with Gasteiger partial charge < -0.3 is 15.4 Å². The lowest BCUT2D eigenvalue weighted by Crippen LogP contribution is -2.36. The first-order valence-corrected chi connectivity index (χ1v) is 9.93. The number of benzene rings is 1. The summed E-state index contributed by atoms with van der Waals surface area (Å²) in [5.41, 5.74) is 2.34. The first-order valence-electron chi connectivity index (χ1n) is 9.05. The van der Waals surface area contributed by atoms with Gasteiger partial charge in [0.15, 0.2) is 12.6 Å². The number of aryl methyl sites for hydroxylation is 2. The number of thiazole rings is 1. The van der Waals surface area contributed by atoms with Gasteiger partial charge in [0.25, 0.3) is 0 Å². The molecule has 10 heteroatoms. The van der Waals surface area contributed by atoms with Crippen molar-refractivity contribution in [2.45, 2.75) is 46.5 Å². The van der Waals surface area contributed by atoms with Gasteiger partial charge in [-0.05, 0) is 31.9 Å². The molecule has 0 radical (unpaired) electrons. The maximum atomic E-state index is 12.5. The molecule has 0 saturated heterocycles. The summed E-state index contributed by atoms with van der Waals surface area (Å²) < 4.78 is 42.5. The van der Waals surface area contributed by atoms with Gasteiger partial charge in [-0.1, -0.05) is 19.1 Å². The van der Waals surface area contributed by atoms with Gasteiger partial charge in [-0.15, -0.1) is 35.3 Å². The van der Waals surface area contributed by atoms with Gasteiger partial charge in [-0.25, -0.2) is 9.98 Å². The number of guanidine groups is 1. The number of ether oxygens (including phenoxy) is 1. The third kappa shape index (κ3) is 9.20. The molecule has 162 valence electrons. The molecular formula is C19H26F3IN4OS. The van der Waals surface area contributed by atoms with E-state index in [1.165, 1.54) is 0 Å². The molecule has 1 aromatic carbocycles. The van der Waals surface area contributed by atoms with Crippen LogP contribution in [0.5, 0.6) is 5.75 Å². The fourth-order valence-electron chi connectivity index (χ4n) is 2.36. The van der Waals surface area contributed by atoms with Crippen molar-refractivity contribution in [1.82, 2.24) is 15.6 Å². The lowest BCUT2D eigenvalue weighted by molar-refractivity contribution is -0.153.